The Morgan fingerprint density at radius 2 is 0.732 bits per heavy atom. The van der Waals surface area contributed by atoms with Gasteiger partial charge in [0.2, 0.25) is 0 Å². The van der Waals surface area contributed by atoms with Crippen LogP contribution in [-0.2, 0) is 0 Å². The van der Waals surface area contributed by atoms with Gasteiger partial charge in [-0.3, -0.25) is 10.1 Å². The quantitative estimate of drug-likeness (QED) is 0.0955. The zero-order chi connectivity index (χ0) is 73.6. The minimum Gasteiger partial charge on any atom is -0.497 e. The van der Waals surface area contributed by atoms with E-state index in [9.17, 15) is 10.1 Å². The first-order valence-corrected chi connectivity index (χ1v) is 35.4. The lowest BCUT2D eigenvalue weighted by Crippen LogP contribution is -1.96. The molecule has 0 amide bonds. The van der Waals surface area contributed by atoms with Crippen LogP contribution in [0.2, 0.25) is 10.0 Å². The van der Waals surface area contributed by atoms with Crippen molar-refractivity contribution in [1.29, 1.82) is 5.26 Å². The van der Waals surface area contributed by atoms with E-state index >= 15 is 0 Å². The molecule has 0 radical (unpaired) electrons. The summed E-state index contributed by atoms with van der Waals surface area (Å²) in [6, 6.07) is 69.2. The van der Waals surface area contributed by atoms with Gasteiger partial charge in [-0.05, 0) is 217 Å². The number of nitriles is 1. The number of methoxy groups -OCH3 is 1. The number of aryl methyl sites for hydroxylation is 7. The number of hydrogen-bond donors (Lipinski definition) is 0. The molecule has 0 aliphatic carbocycles. The van der Waals surface area contributed by atoms with Crippen LogP contribution in [0.15, 0.2) is 200 Å². The molecule has 0 aliphatic heterocycles. The topological polar surface area (TPSA) is 76.2 Å². The largest absolute Gasteiger partial charge is 0.497 e. The third kappa shape index (κ3) is 35.9. The fourth-order valence-electron chi connectivity index (χ4n) is 10.4. The van der Waals surface area contributed by atoms with Gasteiger partial charge < -0.3 is 4.74 Å². The van der Waals surface area contributed by atoms with Crippen molar-refractivity contribution in [2.75, 3.05) is 7.11 Å². The molecule has 0 atom stereocenters. The fraction of sp³-hybridized carbons (Fsp3) is 0.389. The maximum Gasteiger partial charge on any atom is 0.269 e. The van der Waals surface area contributed by atoms with Crippen LogP contribution >= 0.6 is 23.2 Å². The predicted octanol–water partition coefficient (Wildman–Crippen LogP) is 28.5. The average Bonchev–Trinajstić information content (AvgIpc) is 0.889. The van der Waals surface area contributed by atoms with Crippen molar-refractivity contribution < 1.29 is 9.66 Å². The second-order valence-corrected chi connectivity index (χ2v) is 28.7. The van der Waals surface area contributed by atoms with Crippen LogP contribution in [0.5, 0.6) is 5.75 Å². The van der Waals surface area contributed by atoms with Crippen molar-refractivity contribution in [2.24, 2.45) is 0 Å². The Morgan fingerprint density at radius 3 is 1.08 bits per heavy atom. The molecule has 0 heterocycles. The van der Waals surface area contributed by atoms with Crippen molar-refractivity contribution in [3.05, 3.63) is 315 Å². The van der Waals surface area contributed by atoms with E-state index in [1.807, 2.05) is 86.6 Å². The Morgan fingerprint density at radius 1 is 0.351 bits per heavy atom. The van der Waals surface area contributed by atoms with Crippen LogP contribution in [-0.4, -0.2) is 12.0 Å². The lowest BCUT2D eigenvalue weighted by atomic mass is 9.92. The first-order chi connectivity index (χ1) is 45.5. The number of hydrogen-bond acceptors (Lipinski definition) is 4. The van der Waals surface area contributed by atoms with Crippen LogP contribution < -0.4 is 4.74 Å². The van der Waals surface area contributed by atoms with Crippen LogP contribution in [0.3, 0.4) is 0 Å². The Balaban J connectivity index is 0.000000546. The summed E-state index contributed by atoms with van der Waals surface area (Å²) in [4.78, 5) is 10.0. The summed E-state index contributed by atoms with van der Waals surface area (Å²) in [5.74, 6) is 6.17. The van der Waals surface area contributed by atoms with Crippen molar-refractivity contribution in [3.8, 4) is 11.8 Å². The highest BCUT2D eigenvalue weighted by Gasteiger charge is 2.09. The summed E-state index contributed by atoms with van der Waals surface area (Å²) in [7, 11) is 1.68. The number of nitrogens with zero attached hydrogens (tertiary/aromatic N) is 2. The molecule has 522 valence electrons. The number of benzene rings is 9. The third-order valence-electron chi connectivity index (χ3n) is 16.0. The van der Waals surface area contributed by atoms with Gasteiger partial charge in [0.25, 0.3) is 5.69 Å². The van der Waals surface area contributed by atoms with Gasteiger partial charge in [0, 0.05) is 22.2 Å². The van der Waals surface area contributed by atoms with Gasteiger partial charge >= 0.3 is 0 Å². The summed E-state index contributed by atoms with van der Waals surface area (Å²) < 4.78 is 5.05. The molecular formula is C90H120Cl2N2O3. The summed E-state index contributed by atoms with van der Waals surface area (Å²) >= 11 is 11.5. The Labute approximate surface area is 600 Å². The predicted molar refractivity (Wildman–Crippen MR) is 426 cm³/mol. The maximum atomic E-state index is 10.4. The number of nitro groups is 1. The summed E-state index contributed by atoms with van der Waals surface area (Å²) in [5, 5.41) is 20.5. The smallest absolute Gasteiger partial charge is 0.269 e. The highest BCUT2D eigenvalue weighted by Crippen LogP contribution is 2.26. The molecule has 5 nitrogen and oxygen atoms in total. The molecule has 0 aliphatic rings. The Hall–Kier alpha value is -7.75. The minimum absolute atomic E-state index is 0.168. The monoisotopic (exact) mass is 1350 g/mol. The van der Waals surface area contributed by atoms with E-state index in [2.05, 4.69) is 275 Å². The van der Waals surface area contributed by atoms with Gasteiger partial charge in [0.15, 0.2) is 0 Å². The van der Waals surface area contributed by atoms with Crippen LogP contribution in [0.25, 0.3) is 0 Å². The molecule has 0 aromatic heterocycles. The fourth-order valence-corrected chi connectivity index (χ4v) is 10.7. The molecule has 9 aromatic carbocycles. The number of rotatable bonds is 11. The molecule has 0 spiro atoms. The summed E-state index contributed by atoms with van der Waals surface area (Å²) in [5.41, 5.74) is 22.8. The Bertz CT molecular complexity index is 3600. The minimum atomic E-state index is -0.369. The lowest BCUT2D eigenvalue weighted by molar-refractivity contribution is -0.384. The molecule has 0 bridgehead atoms. The summed E-state index contributed by atoms with van der Waals surface area (Å²) in [6.07, 6.45) is 0. The number of halogens is 2. The SMILES string of the molecule is CC(C)c1ccc(C#N)cc1.CC(C)c1ccc(Cl)cc1.CC(C)c1cccc(Cl)c1.CC(C)c1cccc([N+](=O)[O-])c1.COc1ccc(C(C)C)cc1.Cc1cc(C)c(C(C)C)c(C)c1.Cc1cc(C)cc(C(C)C)c1.Cc1cccc(C(C)C)c1.Cc1ccccc1C(C)C. The molecule has 97 heavy (non-hydrogen) atoms. The molecule has 0 fully saturated rings. The molecule has 0 N–H and O–H groups in total. The second-order valence-electron chi connectivity index (χ2n) is 27.9. The van der Waals surface area contributed by atoms with E-state index in [1.54, 1.807) is 19.2 Å². The molecule has 0 unspecified atom stereocenters. The number of non-ortho nitro benzene ring substituents is 1. The molecule has 9 aromatic rings. The normalized spacial score (nSPS) is 10.4. The van der Waals surface area contributed by atoms with Crippen LogP contribution in [0.4, 0.5) is 5.69 Å². The number of ether oxygens (including phenoxy) is 1. The molecule has 0 saturated carbocycles. The highest BCUT2D eigenvalue weighted by atomic mass is 35.5. The molecular weight excluding hydrogens is 1230 g/mol. The molecule has 0 saturated heterocycles. The van der Waals surface area contributed by atoms with Crippen molar-refractivity contribution in [3.63, 3.8) is 0 Å². The third-order valence-corrected chi connectivity index (χ3v) is 16.5. The van der Waals surface area contributed by atoms with E-state index in [0.29, 0.717) is 53.3 Å². The van der Waals surface area contributed by atoms with E-state index in [1.165, 1.54) is 89.5 Å². The molecule has 9 rings (SSSR count). The van der Waals surface area contributed by atoms with Gasteiger partial charge in [0.05, 0.1) is 23.7 Å². The average molecular weight is 1350 g/mol. The standard InChI is InChI=1S/C12H18.C11H16.C10H11N.C10H14O.2C10H14.2C9H11Cl.C9H11NO2/c1-8(2)12-10(4)6-9(3)7-11(12)5;1-8(2)11-6-9(3)5-10(4)7-11;1-8(2)10-5-3-9(7-11)4-6-10;1-8(2)9-4-6-10(11-3)7-5-9;1-8(2)10-6-4-5-9(3)7-10;1-8(2)10-7-5-4-6-9(10)3;1-7(2)8-3-5-9(10)6-4-8;1-7(2)8-4-3-5-9(10)6-8;1-7(2)8-4-3-5-9(6-8)10(11)12/h6-8H,1-5H3;5-8H,1-4H3;3-6,8H,1-2H3;4-8H,1-3H3;2*4-8H,1-3H3;2*3-7H,1-2H3;3-7H,1-2H3. The molecule has 7 heteroatoms. The van der Waals surface area contributed by atoms with Gasteiger partial charge in [0.1, 0.15) is 5.75 Å². The first-order valence-electron chi connectivity index (χ1n) is 34.7. The van der Waals surface area contributed by atoms with E-state index in [-0.39, 0.29) is 10.6 Å². The first kappa shape index (κ1) is 87.3. The lowest BCUT2D eigenvalue weighted by Gasteiger charge is -2.14. The van der Waals surface area contributed by atoms with E-state index in [0.717, 1.165) is 26.9 Å². The van der Waals surface area contributed by atoms with Crippen LogP contribution in [0.1, 0.15) is 272 Å². The zero-order valence-corrected chi connectivity index (χ0v) is 65.6. The van der Waals surface area contributed by atoms with Gasteiger partial charge in [-0.25, -0.2) is 0 Å². The Kier molecular flexibility index (Phi) is 41.8. The van der Waals surface area contributed by atoms with Crippen molar-refractivity contribution in [2.45, 2.75) is 226 Å². The van der Waals surface area contributed by atoms with Crippen molar-refractivity contribution >= 4 is 28.9 Å². The van der Waals surface area contributed by atoms with Crippen molar-refractivity contribution in [1.82, 2.24) is 0 Å². The second kappa shape index (κ2) is 46.5. The highest BCUT2D eigenvalue weighted by molar-refractivity contribution is 6.30. The van der Waals surface area contributed by atoms with E-state index in [4.69, 9.17) is 33.2 Å². The summed E-state index contributed by atoms with van der Waals surface area (Å²) in [6.45, 7) is 54.3. The maximum absolute atomic E-state index is 10.4. The van der Waals surface area contributed by atoms with Crippen LogP contribution in [0, 0.1) is 69.9 Å². The zero-order valence-electron chi connectivity index (χ0n) is 64.1. The van der Waals surface area contributed by atoms with Gasteiger partial charge in [-0.2, -0.15) is 5.26 Å². The van der Waals surface area contributed by atoms with Gasteiger partial charge in [-0.1, -0.05) is 310 Å². The van der Waals surface area contributed by atoms with Gasteiger partial charge in [-0.15, -0.1) is 0 Å². The number of nitro benzene ring substituents is 1. The van der Waals surface area contributed by atoms with E-state index < -0.39 is 0 Å².